The van der Waals surface area contributed by atoms with Crippen LogP contribution in [0.4, 0.5) is 10.5 Å². The van der Waals surface area contributed by atoms with Gasteiger partial charge < -0.3 is 5.32 Å². The van der Waals surface area contributed by atoms with E-state index >= 15 is 0 Å². The Kier molecular flexibility index (Phi) is 4.48. The van der Waals surface area contributed by atoms with Crippen molar-refractivity contribution >= 4 is 23.2 Å². The fourth-order valence-corrected chi connectivity index (χ4v) is 2.04. The lowest BCUT2D eigenvalue weighted by Crippen LogP contribution is -2.17. The molecule has 0 aliphatic heterocycles. The van der Waals surface area contributed by atoms with Gasteiger partial charge in [-0.25, -0.2) is 4.79 Å². The summed E-state index contributed by atoms with van der Waals surface area (Å²) in [5.74, 6) is 0.0918. The zero-order chi connectivity index (χ0) is 15.4. The largest absolute Gasteiger partial charge is 0.345 e. The molecule has 0 bridgehead atoms. The number of ketones is 1. The first-order valence-corrected chi connectivity index (χ1v) is 6.86. The van der Waals surface area contributed by atoms with Crippen molar-refractivity contribution in [3.05, 3.63) is 53.6 Å². The molecule has 108 valence electrons. The maximum atomic E-state index is 11.9. The number of carbonyl (C=O) groups is 2. The lowest BCUT2D eigenvalue weighted by molar-refractivity contribution is -0.111. The molecule has 1 N–H and O–H groups in total. The van der Waals surface area contributed by atoms with E-state index in [4.69, 9.17) is 0 Å². The van der Waals surface area contributed by atoms with Crippen LogP contribution in [0.3, 0.4) is 0 Å². The van der Waals surface area contributed by atoms with Crippen LogP contribution in [0.1, 0.15) is 20.8 Å². The van der Waals surface area contributed by atoms with Crippen molar-refractivity contribution in [3.63, 3.8) is 0 Å². The van der Waals surface area contributed by atoms with Crippen LogP contribution >= 0.6 is 0 Å². The molecular formula is C17H18N2O2. The van der Waals surface area contributed by atoms with Crippen molar-refractivity contribution in [2.45, 2.75) is 20.8 Å². The average molecular weight is 282 g/mol. The van der Waals surface area contributed by atoms with E-state index in [9.17, 15) is 9.59 Å². The number of benzene rings is 1. The third-order valence-electron chi connectivity index (χ3n) is 3.20. The van der Waals surface area contributed by atoms with Crippen LogP contribution < -0.4 is 5.32 Å². The smallest absolute Gasteiger partial charge is 0.306 e. The second kappa shape index (κ2) is 6.31. The first-order valence-electron chi connectivity index (χ1n) is 6.86. The molecule has 1 aliphatic carbocycles. The summed E-state index contributed by atoms with van der Waals surface area (Å²) in [6, 6.07) is 8.69. The van der Waals surface area contributed by atoms with Gasteiger partial charge in [0.05, 0.1) is 5.71 Å². The molecule has 4 nitrogen and oxygen atoms in total. The van der Waals surface area contributed by atoms with Gasteiger partial charge in [0.2, 0.25) is 0 Å². The minimum absolute atomic E-state index is 0.00934. The lowest BCUT2D eigenvalue weighted by Gasteiger charge is -2.15. The Morgan fingerprint density at radius 1 is 1.14 bits per heavy atom. The van der Waals surface area contributed by atoms with Gasteiger partial charge in [0.15, 0.2) is 5.78 Å². The summed E-state index contributed by atoms with van der Waals surface area (Å²) in [6.07, 6.45) is 3.23. The van der Waals surface area contributed by atoms with E-state index in [2.05, 4.69) is 10.3 Å². The molecule has 0 spiro atoms. The quantitative estimate of drug-likeness (QED) is 0.839. The summed E-state index contributed by atoms with van der Waals surface area (Å²) in [5, 5.41) is 2.70. The number of allylic oxidation sites excluding steroid dienone is 4. The highest BCUT2D eigenvalue weighted by atomic mass is 16.2. The number of anilines is 1. The number of nitrogens with zero attached hydrogens (tertiary/aromatic N) is 1. The molecule has 0 aromatic heterocycles. The van der Waals surface area contributed by atoms with Crippen molar-refractivity contribution < 1.29 is 9.59 Å². The number of para-hydroxylation sites is 1. The molecule has 4 heteroatoms. The predicted molar refractivity (Wildman–Crippen MR) is 84.6 cm³/mol. The van der Waals surface area contributed by atoms with Crippen LogP contribution in [-0.2, 0) is 4.79 Å². The number of amides is 2. The fourth-order valence-electron chi connectivity index (χ4n) is 2.04. The molecule has 0 fully saturated rings. The van der Waals surface area contributed by atoms with E-state index in [0.29, 0.717) is 22.5 Å². The molecule has 2 amide bonds. The number of aliphatic imine (C=N–C) groups is 1. The highest BCUT2D eigenvalue weighted by Crippen LogP contribution is 2.19. The Morgan fingerprint density at radius 2 is 1.81 bits per heavy atom. The lowest BCUT2D eigenvalue weighted by atomic mass is 9.90. The van der Waals surface area contributed by atoms with Crippen LogP contribution in [-0.4, -0.2) is 17.5 Å². The number of carbonyl (C=O) groups excluding carboxylic acids is 2. The normalized spacial score (nSPS) is 16.8. The monoisotopic (exact) mass is 282 g/mol. The summed E-state index contributed by atoms with van der Waals surface area (Å²) >= 11 is 0. The van der Waals surface area contributed by atoms with Crippen LogP contribution in [0.2, 0.25) is 0 Å². The van der Waals surface area contributed by atoms with Crippen molar-refractivity contribution in [2.75, 3.05) is 5.32 Å². The van der Waals surface area contributed by atoms with Gasteiger partial charge in [0, 0.05) is 11.3 Å². The van der Waals surface area contributed by atoms with E-state index < -0.39 is 6.03 Å². The maximum absolute atomic E-state index is 11.9. The van der Waals surface area contributed by atoms with Gasteiger partial charge in [-0.2, -0.15) is 4.99 Å². The van der Waals surface area contributed by atoms with Gasteiger partial charge in [-0.15, -0.1) is 0 Å². The first kappa shape index (κ1) is 14.9. The van der Waals surface area contributed by atoms with Gasteiger partial charge in [0.25, 0.3) is 0 Å². The van der Waals surface area contributed by atoms with Crippen molar-refractivity contribution in [1.29, 1.82) is 0 Å². The molecule has 2 rings (SSSR count). The van der Waals surface area contributed by atoms with Crippen molar-refractivity contribution in [2.24, 2.45) is 10.9 Å². The fraction of sp³-hybridized carbons (Fsp3) is 0.235. The minimum Gasteiger partial charge on any atom is -0.306 e. The second-order valence-corrected chi connectivity index (χ2v) is 5.24. The Bertz CT molecular complexity index is 653. The number of hydrogen-bond donors (Lipinski definition) is 1. The molecule has 0 saturated heterocycles. The Morgan fingerprint density at radius 3 is 2.43 bits per heavy atom. The number of hydrogen-bond acceptors (Lipinski definition) is 2. The summed E-state index contributed by atoms with van der Waals surface area (Å²) in [4.78, 5) is 27.9. The SMILES string of the molecule is CC1=CC(=O)C(C(C)C)=CC1=NC(=O)Nc1ccccc1. The van der Waals surface area contributed by atoms with E-state index in [-0.39, 0.29) is 11.7 Å². The molecule has 0 atom stereocenters. The Balaban J connectivity index is 2.21. The van der Waals surface area contributed by atoms with E-state index in [1.165, 1.54) is 6.08 Å². The molecular weight excluding hydrogens is 264 g/mol. The van der Waals surface area contributed by atoms with Crippen LogP contribution in [0.15, 0.2) is 58.6 Å². The zero-order valence-corrected chi connectivity index (χ0v) is 12.4. The highest BCUT2D eigenvalue weighted by Gasteiger charge is 2.19. The zero-order valence-electron chi connectivity index (χ0n) is 12.4. The van der Waals surface area contributed by atoms with Crippen LogP contribution in [0.5, 0.6) is 0 Å². The third-order valence-corrected chi connectivity index (χ3v) is 3.20. The minimum atomic E-state index is -0.447. The van der Waals surface area contributed by atoms with E-state index in [1.807, 2.05) is 32.0 Å². The van der Waals surface area contributed by atoms with Gasteiger partial charge in [-0.1, -0.05) is 32.0 Å². The molecule has 1 aromatic carbocycles. The van der Waals surface area contributed by atoms with Crippen molar-refractivity contribution in [3.8, 4) is 0 Å². The standard InChI is InChI=1S/C17H18N2O2/c1-11(2)14-10-15(12(3)9-16(14)20)19-17(21)18-13-7-5-4-6-8-13/h4-11H,1-3H3,(H,18,21). The molecule has 0 radical (unpaired) electrons. The van der Waals surface area contributed by atoms with Crippen LogP contribution in [0.25, 0.3) is 0 Å². The molecule has 0 heterocycles. The molecule has 0 unspecified atom stereocenters. The summed E-state index contributed by atoms with van der Waals surface area (Å²) < 4.78 is 0. The highest BCUT2D eigenvalue weighted by molar-refractivity contribution is 6.24. The molecule has 0 saturated carbocycles. The van der Waals surface area contributed by atoms with Gasteiger partial charge in [-0.05, 0) is 42.7 Å². The van der Waals surface area contributed by atoms with E-state index in [1.54, 1.807) is 25.1 Å². The molecule has 1 aromatic rings. The Hall–Kier alpha value is -2.49. The van der Waals surface area contributed by atoms with Gasteiger partial charge >= 0.3 is 6.03 Å². The maximum Gasteiger partial charge on any atom is 0.345 e. The van der Waals surface area contributed by atoms with Gasteiger partial charge in [-0.3, -0.25) is 4.79 Å². The Labute approximate surface area is 124 Å². The number of rotatable bonds is 2. The summed E-state index contributed by atoms with van der Waals surface area (Å²) in [7, 11) is 0. The van der Waals surface area contributed by atoms with Crippen molar-refractivity contribution in [1.82, 2.24) is 0 Å². The number of nitrogens with one attached hydrogen (secondary N) is 1. The predicted octanol–water partition coefficient (Wildman–Crippen LogP) is 3.77. The molecule has 21 heavy (non-hydrogen) atoms. The molecule has 1 aliphatic rings. The summed E-state index contributed by atoms with van der Waals surface area (Å²) in [6.45, 7) is 5.67. The topological polar surface area (TPSA) is 58.5 Å². The summed E-state index contributed by atoms with van der Waals surface area (Å²) in [5.41, 5.74) is 2.60. The van der Waals surface area contributed by atoms with Crippen LogP contribution in [0, 0.1) is 5.92 Å². The third kappa shape index (κ3) is 3.75. The first-order chi connectivity index (χ1) is 9.97. The van der Waals surface area contributed by atoms with Gasteiger partial charge in [0.1, 0.15) is 0 Å². The average Bonchev–Trinajstić information content (AvgIpc) is 2.42. The second-order valence-electron chi connectivity index (χ2n) is 5.24. The number of urea groups is 1. The van der Waals surface area contributed by atoms with E-state index in [0.717, 1.165) is 0 Å².